The monoisotopic (exact) mass is 179 g/mol. The molecule has 0 aliphatic heterocycles. The van der Waals surface area contributed by atoms with Crippen molar-refractivity contribution < 1.29 is 18.3 Å². The van der Waals surface area contributed by atoms with Gasteiger partial charge >= 0.3 is 5.97 Å². The van der Waals surface area contributed by atoms with Crippen LogP contribution in [0.5, 0.6) is 0 Å². The first-order chi connectivity index (χ1) is 5.16. The van der Waals surface area contributed by atoms with Gasteiger partial charge in [-0.25, -0.2) is 0 Å². The van der Waals surface area contributed by atoms with Crippen molar-refractivity contribution in [1.82, 2.24) is 0 Å². The van der Waals surface area contributed by atoms with Gasteiger partial charge in [0.25, 0.3) is 0 Å². The van der Waals surface area contributed by atoms with Crippen LogP contribution in [-0.2, 0) is 20.6 Å². The lowest BCUT2D eigenvalue weighted by molar-refractivity contribution is -0.143. The van der Waals surface area contributed by atoms with E-state index in [1.807, 2.05) is 6.92 Å². The van der Waals surface area contributed by atoms with Crippen LogP contribution in [0.2, 0.25) is 0 Å². The SMILES string of the molecule is CCCC(=O)OCCS(=O)[O-]. The number of ether oxygens (including phenoxy) is 1. The Morgan fingerprint density at radius 1 is 1.64 bits per heavy atom. The molecule has 0 aromatic rings. The van der Waals surface area contributed by atoms with Gasteiger partial charge in [0.1, 0.15) is 6.61 Å². The zero-order valence-corrected chi connectivity index (χ0v) is 7.19. The van der Waals surface area contributed by atoms with E-state index in [0.717, 1.165) is 6.42 Å². The molecule has 0 rings (SSSR count). The van der Waals surface area contributed by atoms with E-state index in [9.17, 15) is 13.6 Å². The molecule has 1 atom stereocenters. The van der Waals surface area contributed by atoms with Crippen molar-refractivity contribution in [3.8, 4) is 0 Å². The van der Waals surface area contributed by atoms with Crippen LogP contribution in [0, 0.1) is 0 Å². The number of carbonyl (C=O) groups is 1. The normalized spacial score (nSPS) is 12.5. The van der Waals surface area contributed by atoms with Gasteiger partial charge < -0.3 is 9.29 Å². The highest BCUT2D eigenvalue weighted by atomic mass is 32.2. The molecule has 0 saturated carbocycles. The van der Waals surface area contributed by atoms with E-state index in [1.165, 1.54) is 0 Å². The Balaban J connectivity index is 3.24. The maximum absolute atomic E-state index is 10.6. The topological polar surface area (TPSA) is 66.4 Å². The molecule has 0 aromatic heterocycles. The Bertz CT molecular complexity index is 146. The minimum Gasteiger partial charge on any atom is -0.772 e. The molecule has 0 fully saturated rings. The molecule has 0 aromatic carbocycles. The molecule has 0 bridgehead atoms. The summed E-state index contributed by atoms with van der Waals surface area (Å²) in [5.41, 5.74) is 0. The molecule has 0 amide bonds. The van der Waals surface area contributed by atoms with Crippen LogP contribution in [0.25, 0.3) is 0 Å². The quantitative estimate of drug-likeness (QED) is 0.447. The molecule has 0 saturated heterocycles. The van der Waals surface area contributed by atoms with Gasteiger partial charge in [0.2, 0.25) is 0 Å². The smallest absolute Gasteiger partial charge is 0.305 e. The average Bonchev–Trinajstić information content (AvgIpc) is 1.87. The van der Waals surface area contributed by atoms with E-state index in [-0.39, 0.29) is 18.3 Å². The molecule has 0 heterocycles. The van der Waals surface area contributed by atoms with Crippen molar-refractivity contribution in [1.29, 1.82) is 0 Å². The summed E-state index contributed by atoms with van der Waals surface area (Å²) in [7, 11) is 0. The molecule has 0 aliphatic carbocycles. The highest BCUT2D eigenvalue weighted by Gasteiger charge is 1.98. The Kier molecular flexibility index (Phi) is 6.06. The maximum Gasteiger partial charge on any atom is 0.305 e. The Morgan fingerprint density at radius 2 is 2.27 bits per heavy atom. The van der Waals surface area contributed by atoms with Crippen molar-refractivity contribution >= 4 is 17.0 Å². The highest BCUT2D eigenvalue weighted by molar-refractivity contribution is 7.79. The van der Waals surface area contributed by atoms with E-state index >= 15 is 0 Å². The van der Waals surface area contributed by atoms with Crippen LogP contribution in [-0.4, -0.2) is 27.1 Å². The lowest BCUT2D eigenvalue weighted by Crippen LogP contribution is -2.10. The third-order valence-corrected chi connectivity index (χ3v) is 1.47. The van der Waals surface area contributed by atoms with Crippen LogP contribution >= 0.6 is 0 Å². The molecule has 0 spiro atoms. The number of carbonyl (C=O) groups excluding carboxylic acids is 1. The van der Waals surface area contributed by atoms with E-state index in [4.69, 9.17) is 0 Å². The molecule has 5 heteroatoms. The fraction of sp³-hybridized carbons (Fsp3) is 0.833. The first-order valence-electron chi connectivity index (χ1n) is 3.38. The first-order valence-corrected chi connectivity index (χ1v) is 4.62. The summed E-state index contributed by atoms with van der Waals surface area (Å²) >= 11 is -2.11. The molecular formula is C6H11O4S-. The summed E-state index contributed by atoms with van der Waals surface area (Å²) in [6.07, 6.45) is 1.07. The zero-order valence-electron chi connectivity index (χ0n) is 6.37. The molecule has 11 heavy (non-hydrogen) atoms. The third kappa shape index (κ3) is 7.48. The molecule has 4 nitrogen and oxygen atoms in total. The van der Waals surface area contributed by atoms with Gasteiger partial charge in [-0.05, 0) is 6.42 Å². The van der Waals surface area contributed by atoms with Gasteiger partial charge in [-0.15, -0.1) is 0 Å². The highest BCUT2D eigenvalue weighted by Crippen LogP contribution is 1.90. The summed E-state index contributed by atoms with van der Waals surface area (Å²) in [6.45, 7) is 1.82. The first kappa shape index (κ1) is 10.6. The molecular weight excluding hydrogens is 168 g/mol. The minimum absolute atomic E-state index is 0.0328. The van der Waals surface area contributed by atoms with Gasteiger partial charge in [-0.3, -0.25) is 9.00 Å². The van der Waals surface area contributed by atoms with E-state index in [2.05, 4.69) is 4.74 Å². The van der Waals surface area contributed by atoms with Crippen molar-refractivity contribution in [3.63, 3.8) is 0 Å². The van der Waals surface area contributed by atoms with Crippen LogP contribution in [0.1, 0.15) is 19.8 Å². The number of hydrogen-bond acceptors (Lipinski definition) is 4. The molecule has 0 N–H and O–H groups in total. The third-order valence-electron chi connectivity index (χ3n) is 0.967. The van der Waals surface area contributed by atoms with Gasteiger partial charge in [-0.1, -0.05) is 18.0 Å². The standard InChI is InChI=1S/C6H12O4S/c1-2-3-6(7)10-4-5-11(8)9/h2-5H2,1H3,(H,8,9)/p-1. The Labute approximate surface area is 68.2 Å². The predicted octanol–water partition coefficient (Wildman–Crippen LogP) is 0.209. The van der Waals surface area contributed by atoms with Crippen LogP contribution in [0.4, 0.5) is 0 Å². The lowest BCUT2D eigenvalue weighted by atomic mass is 10.3. The zero-order chi connectivity index (χ0) is 8.69. The number of esters is 1. The van der Waals surface area contributed by atoms with Crippen molar-refractivity contribution in [2.24, 2.45) is 0 Å². The number of hydrogen-bond donors (Lipinski definition) is 0. The molecule has 0 radical (unpaired) electrons. The summed E-state index contributed by atoms with van der Waals surface area (Å²) in [4.78, 5) is 10.6. The Hall–Kier alpha value is -0.420. The van der Waals surface area contributed by atoms with Gasteiger partial charge in [0, 0.05) is 12.2 Å². The van der Waals surface area contributed by atoms with Crippen molar-refractivity contribution in [2.75, 3.05) is 12.4 Å². The van der Waals surface area contributed by atoms with Gasteiger partial charge in [-0.2, -0.15) is 0 Å². The second-order valence-electron chi connectivity index (χ2n) is 1.98. The van der Waals surface area contributed by atoms with E-state index in [0.29, 0.717) is 6.42 Å². The van der Waals surface area contributed by atoms with E-state index in [1.54, 1.807) is 0 Å². The van der Waals surface area contributed by atoms with Crippen molar-refractivity contribution in [3.05, 3.63) is 0 Å². The predicted molar refractivity (Wildman–Crippen MR) is 39.7 cm³/mol. The summed E-state index contributed by atoms with van der Waals surface area (Å²) in [6, 6.07) is 0. The lowest BCUT2D eigenvalue weighted by Gasteiger charge is -2.05. The summed E-state index contributed by atoms with van der Waals surface area (Å²) in [5, 5.41) is 0. The molecule has 0 aliphatic rings. The fourth-order valence-electron chi connectivity index (χ4n) is 0.500. The average molecular weight is 179 g/mol. The maximum atomic E-state index is 10.6. The van der Waals surface area contributed by atoms with Gasteiger partial charge in [0.05, 0.1) is 0 Å². The van der Waals surface area contributed by atoms with Crippen molar-refractivity contribution in [2.45, 2.75) is 19.8 Å². The molecule has 66 valence electrons. The Morgan fingerprint density at radius 3 is 2.73 bits per heavy atom. The summed E-state index contributed by atoms with van der Waals surface area (Å²) < 4.78 is 24.5. The summed E-state index contributed by atoms with van der Waals surface area (Å²) in [5.74, 6) is -0.451. The van der Waals surface area contributed by atoms with Crippen LogP contribution < -0.4 is 0 Å². The van der Waals surface area contributed by atoms with Gasteiger partial charge in [0.15, 0.2) is 0 Å². The van der Waals surface area contributed by atoms with Crippen LogP contribution in [0.3, 0.4) is 0 Å². The van der Waals surface area contributed by atoms with E-state index < -0.39 is 11.1 Å². The number of rotatable bonds is 5. The van der Waals surface area contributed by atoms with Crippen LogP contribution in [0.15, 0.2) is 0 Å². The fourth-order valence-corrected chi connectivity index (χ4v) is 0.719. The second kappa shape index (κ2) is 6.30. The largest absolute Gasteiger partial charge is 0.772 e. The second-order valence-corrected chi connectivity index (χ2v) is 2.99. The minimum atomic E-state index is -2.11. The molecule has 1 unspecified atom stereocenters.